The van der Waals surface area contributed by atoms with Crippen molar-refractivity contribution < 1.29 is 0 Å². The Labute approximate surface area is 124 Å². The molecule has 2 aromatic heterocycles. The number of nitrogens with zero attached hydrogens (tertiary/aromatic N) is 6. The highest BCUT2D eigenvalue weighted by molar-refractivity contribution is 5.43. The van der Waals surface area contributed by atoms with Crippen molar-refractivity contribution in [3.05, 3.63) is 36.0 Å². The predicted molar refractivity (Wildman–Crippen MR) is 82.4 cm³/mol. The van der Waals surface area contributed by atoms with Crippen LogP contribution in [0.3, 0.4) is 0 Å². The van der Waals surface area contributed by atoms with Gasteiger partial charge in [-0.05, 0) is 25.8 Å². The molecule has 6 nitrogen and oxygen atoms in total. The maximum Gasteiger partial charge on any atom is 0.225 e. The standard InChI is InChI=1S/C15H20N6/c1-11-9-14(18-10-17-11)21-8-4-5-13(21)12-6-7-16-15(19-12)20(2)3/h6-7,9-10,13H,4-5,8H2,1-3H3/t13-/m1/s1. The maximum absolute atomic E-state index is 4.68. The van der Waals surface area contributed by atoms with Crippen molar-refractivity contribution in [1.29, 1.82) is 0 Å². The molecule has 0 unspecified atom stereocenters. The molecule has 0 N–H and O–H groups in total. The van der Waals surface area contributed by atoms with Gasteiger partial charge in [-0.15, -0.1) is 0 Å². The van der Waals surface area contributed by atoms with Gasteiger partial charge >= 0.3 is 0 Å². The minimum Gasteiger partial charge on any atom is -0.348 e. The molecule has 1 aliphatic heterocycles. The van der Waals surface area contributed by atoms with Gasteiger partial charge in [-0.3, -0.25) is 0 Å². The molecule has 0 radical (unpaired) electrons. The van der Waals surface area contributed by atoms with E-state index in [1.807, 2.05) is 44.2 Å². The summed E-state index contributed by atoms with van der Waals surface area (Å²) in [7, 11) is 3.92. The third-order valence-electron chi connectivity index (χ3n) is 3.74. The van der Waals surface area contributed by atoms with Gasteiger partial charge in [0.25, 0.3) is 0 Å². The molecule has 6 heteroatoms. The molecule has 0 aromatic carbocycles. The maximum atomic E-state index is 4.68. The fourth-order valence-corrected chi connectivity index (χ4v) is 2.71. The fraction of sp³-hybridized carbons (Fsp3) is 0.467. The second kappa shape index (κ2) is 5.63. The number of anilines is 2. The average Bonchev–Trinajstić information content (AvgIpc) is 2.97. The third-order valence-corrected chi connectivity index (χ3v) is 3.74. The number of hydrogen-bond donors (Lipinski definition) is 0. The van der Waals surface area contributed by atoms with Crippen molar-refractivity contribution >= 4 is 11.8 Å². The first-order valence-corrected chi connectivity index (χ1v) is 7.20. The van der Waals surface area contributed by atoms with Crippen molar-refractivity contribution in [3.63, 3.8) is 0 Å². The van der Waals surface area contributed by atoms with Crippen LogP contribution < -0.4 is 9.80 Å². The van der Waals surface area contributed by atoms with Crippen molar-refractivity contribution in [2.75, 3.05) is 30.4 Å². The second-order valence-electron chi connectivity index (χ2n) is 5.54. The molecule has 3 rings (SSSR count). The normalized spacial score (nSPS) is 18.0. The van der Waals surface area contributed by atoms with Crippen LogP contribution >= 0.6 is 0 Å². The van der Waals surface area contributed by atoms with Gasteiger partial charge in [0.15, 0.2) is 0 Å². The van der Waals surface area contributed by atoms with Crippen LogP contribution in [-0.4, -0.2) is 40.6 Å². The van der Waals surface area contributed by atoms with Gasteiger partial charge in [-0.1, -0.05) is 0 Å². The lowest BCUT2D eigenvalue weighted by Gasteiger charge is -2.25. The summed E-state index contributed by atoms with van der Waals surface area (Å²) in [5.41, 5.74) is 2.05. The Morgan fingerprint density at radius 2 is 2.10 bits per heavy atom. The molecule has 1 aliphatic rings. The lowest BCUT2D eigenvalue weighted by Crippen LogP contribution is -2.25. The van der Waals surface area contributed by atoms with E-state index in [0.717, 1.165) is 42.5 Å². The molecule has 0 saturated carbocycles. The van der Waals surface area contributed by atoms with Crippen LogP contribution in [0.25, 0.3) is 0 Å². The Morgan fingerprint density at radius 3 is 2.86 bits per heavy atom. The lowest BCUT2D eigenvalue weighted by molar-refractivity contribution is 0.682. The number of aromatic nitrogens is 4. The van der Waals surface area contributed by atoms with E-state index in [1.165, 1.54) is 0 Å². The SMILES string of the molecule is Cc1cc(N2CCC[C@@H]2c2ccnc(N(C)C)n2)ncn1. The van der Waals surface area contributed by atoms with Crippen molar-refractivity contribution in [2.24, 2.45) is 0 Å². The van der Waals surface area contributed by atoms with Gasteiger partial charge in [0.1, 0.15) is 12.1 Å². The summed E-state index contributed by atoms with van der Waals surface area (Å²) in [4.78, 5) is 21.8. The zero-order valence-corrected chi connectivity index (χ0v) is 12.7. The lowest BCUT2D eigenvalue weighted by atomic mass is 10.1. The van der Waals surface area contributed by atoms with Gasteiger partial charge in [-0.2, -0.15) is 0 Å². The topological polar surface area (TPSA) is 58.0 Å². The minimum absolute atomic E-state index is 0.265. The number of hydrogen-bond acceptors (Lipinski definition) is 6. The van der Waals surface area contributed by atoms with Crippen LogP contribution in [0, 0.1) is 6.92 Å². The van der Waals surface area contributed by atoms with E-state index < -0.39 is 0 Å². The predicted octanol–water partition coefficient (Wildman–Crippen LogP) is 1.98. The molecule has 1 fully saturated rings. The summed E-state index contributed by atoms with van der Waals surface area (Å²) in [5.74, 6) is 1.73. The molecule has 3 heterocycles. The molecule has 0 aliphatic carbocycles. The van der Waals surface area contributed by atoms with Gasteiger partial charge in [0, 0.05) is 38.6 Å². The molecular weight excluding hydrogens is 264 g/mol. The minimum atomic E-state index is 0.265. The second-order valence-corrected chi connectivity index (χ2v) is 5.54. The van der Waals surface area contributed by atoms with Crippen LogP contribution in [0.15, 0.2) is 24.7 Å². The highest BCUT2D eigenvalue weighted by Crippen LogP contribution is 2.34. The molecule has 1 saturated heterocycles. The monoisotopic (exact) mass is 284 g/mol. The number of aryl methyl sites for hydroxylation is 1. The average molecular weight is 284 g/mol. The first-order chi connectivity index (χ1) is 10.1. The van der Waals surface area contributed by atoms with E-state index in [0.29, 0.717) is 0 Å². The first kappa shape index (κ1) is 13.7. The Hall–Kier alpha value is -2.24. The molecule has 0 amide bonds. The van der Waals surface area contributed by atoms with Gasteiger partial charge in [-0.25, -0.2) is 19.9 Å². The highest BCUT2D eigenvalue weighted by Gasteiger charge is 2.28. The summed E-state index contributed by atoms with van der Waals surface area (Å²) >= 11 is 0. The summed E-state index contributed by atoms with van der Waals surface area (Å²) in [6.45, 7) is 2.99. The highest BCUT2D eigenvalue weighted by atomic mass is 15.3. The quantitative estimate of drug-likeness (QED) is 0.859. The van der Waals surface area contributed by atoms with Crippen LogP contribution in [0.1, 0.15) is 30.3 Å². The van der Waals surface area contributed by atoms with Crippen LogP contribution in [0.2, 0.25) is 0 Å². The van der Waals surface area contributed by atoms with E-state index in [1.54, 1.807) is 6.33 Å². The molecule has 0 spiro atoms. The van der Waals surface area contributed by atoms with E-state index in [4.69, 9.17) is 0 Å². The number of rotatable bonds is 3. The van der Waals surface area contributed by atoms with Gasteiger partial charge in [0.05, 0.1) is 11.7 Å². The summed E-state index contributed by atoms with van der Waals surface area (Å²) < 4.78 is 0. The molecule has 0 bridgehead atoms. The molecule has 2 aromatic rings. The van der Waals surface area contributed by atoms with Crippen LogP contribution in [0.5, 0.6) is 0 Å². The van der Waals surface area contributed by atoms with Crippen LogP contribution in [-0.2, 0) is 0 Å². The largest absolute Gasteiger partial charge is 0.348 e. The van der Waals surface area contributed by atoms with Crippen molar-refractivity contribution in [3.8, 4) is 0 Å². The van der Waals surface area contributed by atoms with Crippen molar-refractivity contribution in [1.82, 2.24) is 19.9 Å². The summed E-state index contributed by atoms with van der Waals surface area (Å²) in [5, 5.41) is 0. The van der Waals surface area contributed by atoms with E-state index in [2.05, 4.69) is 24.8 Å². The fourth-order valence-electron chi connectivity index (χ4n) is 2.71. The van der Waals surface area contributed by atoms with E-state index >= 15 is 0 Å². The summed E-state index contributed by atoms with van der Waals surface area (Å²) in [6.07, 6.45) is 5.70. The van der Waals surface area contributed by atoms with Gasteiger partial charge in [0.2, 0.25) is 5.95 Å². The first-order valence-electron chi connectivity index (χ1n) is 7.20. The summed E-state index contributed by atoms with van der Waals surface area (Å²) in [6, 6.07) is 4.30. The molecule has 110 valence electrons. The van der Waals surface area contributed by atoms with E-state index in [9.17, 15) is 0 Å². The Morgan fingerprint density at radius 1 is 1.24 bits per heavy atom. The Kier molecular flexibility index (Phi) is 3.68. The molecular formula is C15H20N6. The Balaban J connectivity index is 1.92. The Bertz CT molecular complexity index is 627. The molecule has 21 heavy (non-hydrogen) atoms. The van der Waals surface area contributed by atoms with Gasteiger partial charge < -0.3 is 9.80 Å². The van der Waals surface area contributed by atoms with Crippen LogP contribution in [0.4, 0.5) is 11.8 Å². The third kappa shape index (κ3) is 2.79. The smallest absolute Gasteiger partial charge is 0.225 e. The zero-order valence-electron chi connectivity index (χ0n) is 12.7. The van der Waals surface area contributed by atoms with E-state index in [-0.39, 0.29) is 6.04 Å². The zero-order chi connectivity index (χ0) is 14.8. The molecule has 1 atom stereocenters. The van der Waals surface area contributed by atoms with Crippen molar-refractivity contribution in [2.45, 2.75) is 25.8 Å².